The molecule has 0 amide bonds. The van der Waals surface area contributed by atoms with E-state index in [2.05, 4.69) is 34.6 Å². The zero-order valence-electron chi connectivity index (χ0n) is 20.9. The van der Waals surface area contributed by atoms with Gasteiger partial charge in [0.2, 0.25) is 5.88 Å². The molecule has 2 unspecified atom stereocenters. The number of aromatic amines is 1. The molecule has 2 aromatic carbocycles. The number of H-pyrrole nitrogens is 1. The minimum atomic E-state index is -0.551. The number of aliphatic hydroxyl groups excluding tert-OH is 1. The highest BCUT2D eigenvalue weighted by Gasteiger charge is 2.10. The maximum Gasteiger partial charge on any atom is 0.307 e. The van der Waals surface area contributed by atoms with E-state index in [1.165, 1.54) is 18.4 Å². The van der Waals surface area contributed by atoms with Gasteiger partial charge in [-0.15, -0.1) is 0 Å². The van der Waals surface area contributed by atoms with E-state index in [0.29, 0.717) is 37.7 Å². The lowest BCUT2D eigenvalue weighted by Gasteiger charge is -2.18. The quantitative estimate of drug-likeness (QED) is 0.201. The van der Waals surface area contributed by atoms with Gasteiger partial charge in [-0.25, -0.2) is 0 Å². The van der Waals surface area contributed by atoms with Gasteiger partial charge in [-0.1, -0.05) is 66.6 Å². The Morgan fingerprint density at radius 1 is 0.972 bits per heavy atom. The summed E-state index contributed by atoms with van der Waals surface area (Å²) in [6, 6.07) is 18.2. The Labute approximate surface area is 217 Å². The molecule has 4 N–H and O–H groups in total. The molecule has 36 heavy (non-hydrogen) atoms. The Morgan fingerprint density at radius 2 is 1.72 bits per heavy atom. The number of thiazole rings is 1. The maximum absolute atomic E-state index is 11.3. The second kappa shape index (κ2) is 15.5. The predicted molar refractivity (Wildman–Crippen MR) is 144 cm³/mol. The van der Waals surface area contributed by atoms with Gasteiger partial charge in [0.1, 0.15) is 12.4 Å². The number of aromatic nitrogens is 1. The maximum atomic E-state index is 11.3. The van der Waals surface area contributed by atoms with E-state index < -0.39 is 6.10 Å². The molecule has 1 heterocycles. The van der Waals surface area contributed by atoms with Gasteiger partial charge in [0.05, 0.1) is 17.6 Å². The van der Waals surface area contributed by atoms with Gasteiger partial charge in [0.15, 0.2) is 0 Å². The summed E-state index contributed by atoms with van der Waals surface area (Å²) in [6.07, 6.45) is 5.62. The van der Waals surface area contributed by atoms with Crippen molar-refractivity contribution in [2.75, 3.05) is 26.4 Å². The molecular weight excluding hydrogens is 476 g/mol. The smallest absolute Gasteiger partial charge is 0.307 e. The number of hydrogen-bond acceptors (Lipinski definition) is 7. The Hall–Kier alpha value is -2.65. The van der Waals surface area contributed by atoms with Crippen molar-refractivity contribution in [2.24, 2.45) is 0 Å². The Morgan fingerprint density at radius 3 is 2.44 bits per heavy atom. The number of nitrogens with one attached hydrogen (secondary N) is 2. The predicted octanol–water partition coefficient (Wildman–Crippen LogP) is 4.27. The van der Waals surface area contributed by atoms with Crippen molar-refractivity contribution in [1.29, 1.82) is 0 Å². The molecule has 0 aliphatic heterocycles. The molecule has 0 aliphatic carbocycles. The fraction of sp³-hybridized carbons (Fsp3) is 0.464. The van der Waals surface area contributed by atoms with Gasteiger partial charge in [-0.05, 0) is 49.4 Å². The van der Waals surface area contributed by atoms with Crippen molar-refractivity contribution in [1.82, 2.24) is 10.3 Å². The number of aliphatic hydroxyl groups is 1. The lowest BCUT2D eigenvalue weighted by molar-refractivity contribution is 0.0336. The van der Waals surface area contributed by atoms with Gasteiger partial charge in [0.25, 0.3) is 0 Å². The minimum Gasteiger partial charge on any atom is -0.494 e. The number of rotatable bonds is 17. The molecular formula is C28H38N2O5S. The number of hydrogen-bond donors (Lipinski definition) is 4. The van der Waals surface area contributed by atoms with Crippen LogP contribution >= 0.6 is 11.3 Å². The van der Waals surface area contributed by atoms with Crippen LogP contribution in [0.5, 0.6) is 11.6 Å². The first-order valence-electron chi connectivity index (χ1n) is 12.7. The Balaban J connectivity index is 1.19. The van der Waals surface area contributed by atoms with Crippen molar-refractivity contribution in [3.63, 3.8) is 0 Å². The summed E-state index contributed by atoms with van der Waals surface area (Å²) >= 11 is 1.01. The third-order valence-corrected chi connectivity index (χ3v) is 6.72. The van der Waals surface area contributed by atoms with E-state index >= 15 is 0 Å². The van der Waals surface area contributed by atoms with Crippen molar-refractivity contribution in [3.8, 4) is 11.6 Å². The molecule has 196 valence electrons. The van der Waals surface area contributed by atoms with Gasteiger partial charge in [0, 0.05) is 25.6 Å². The average molecular weight is 515 g/mol. The van der Waals surface area contributed by atoms with E-state index in [1.807, 2.05) is 37.3 Å². The van der Waals surface area contributed by atoms with Crippen LogP contribution in [0.1, 0.15) is 48.6 Å². The molecule has 0 fully saturated rings. The topological polar surface area (TPSA) is 104 Å². The number of aryl methyl sites for hydroxylation is 1. The third-order valence-electron chi connectivity index (χ3n) is 5.85. The highest BCUT2D eigenvalue weighted by atomic mass is 32.1. The molecule has 0 bridgehead atoms. The van der Waals surface area contributed by atoms with Crippen molar-refractivity contribution in [2.45, 2.75) is 57.6 Å². The molecule has 7 nitrogen and oxygen atoms in total. The minimum absolute atomic E-state index is 0.0626. The summed E-state index contributed by atoms with van der Waals surface area (Å²) in [5, 5.41) is 23.1. The molecule has 0 aliphatic rings. The second-order valence-electron chi connectivity index (χ2n) is 9.11. The Kier molecular flexibility index (Phi) is 12.0. The van der Waals surface area contributed by atoms with Crippen LogP contribution in [0.15, 0.2) is 59.4 Å². The molecule has 0 radical (unpaired) electrons. The molecule has 1 aromatic heterocycles. The number of unbranched alkanes of at least 4 members (excludes halogenated alkanes) is 3. The van der Waals surface area contributed by atoms with Crippen molar-refractivity contribution >= 4 is 11.3 Å². The van der Waals surface area contributed by atoms with E-state index in [4.69, 9.17) is 9.47 Å². The van der Waals surface area contributed by atoms with Gasteiger partial charge < -0.3 is 25.0 Å². The molecule has 0 saturated carbocycles. The fourth-order valence-corrected chi connectivity index (χ4v) is 4.55. The average Bonchev–Trinajstić information content (AvgIpc) is 3.20. The molecule has 3 rings (SSSR count). The SMILES string of the molecule is CC(COc1ccc(Cc2sc(=O)[nH]c2O)cc1)NCC(O)COCCCCCCc1ccccc1. The third kappa shape index (κ3) is 10.5. The van der Waals surface area contributed by atoms with Crippen LogP contribution in [-0.2, 0) is 17.6 Å². The van der Waals surface area contributed by atoms with Crippen LogP contribution in [0.4, 0.5) is 0 Å². The molecule has 3 aromatic rings. The van der Waals surface area contributed by atoms with Gasteiger partial charge in [-0.3, -0.25) is 9.78 Å². The van der Waals surface area contributed by atoms with Crippen LogP contribution < -0.4 is 14.9 Å². The zero-order valence-corrected chi connectivity index (χ0v) is 21.8. The molecule has 2 atom stereocenters. The van der Waals surface area contributed by atoms with Crippen molar-refractivity contribution < 1.29 is 19.7 Å². The standard InChI is InChI=1S/C28H38N2O5S/c1-21(19-35-25-14-12-23(13-15-25)17-26-27(32)30-28(33)36-26)29-18-24(31)20-34-16-8-3-2-5-9-22-10-6-4-7-11-22/h4,6-7,10-15,21,24,29,31-32H,2-3,5,8-9,16-20H2,1H3,(H,30,33). The lowest BCUT2D eigenvalue weighted by atomic mass is 10.1. The largest absolute Gasteiger partial charge is 0.494 e. The summed E-state index contributed by atoms with van der Waals surface area (Å²) < 4.78 is 11.5. The summed E-state index contributed by atoms with van der Waals surface area (Å²) in [7, 11) is 0. The second-order valence-corrected chi connectivity index (χ2v) is 10.2. The van der Waals surface area contributed by atoms with Crippen LogP contribution in [0.25, 0.3) is 0 Å². The highest BCUT2D eigenvalue weighted by Crippen LogP contribution is 2.21. The summed E-state index contributed by atoms with van der Waals surface area (Å²) in [4.78, 5) is 14.0. The first-order valence-corrected chi connectivity index (χ1v) is 13.5. The van der Waals surface area contributed by atoms with Crippen LogP contribution in [0.3, 0.4) is 0 Å². The van der Waals surface area contributed by atoms with Gasteiger partial charge >= 0.3 is 4.87 Å². The highest BCUT2D eigenvalue weighted by molar-refractivity contribution is 7.09. The zero-order chi connectivity index (χ0) is 25.6. The Bertz CT molecular complexity index is 1050. The molecule has 0 saturated heterocycles. The fourth-order valence-electron chi connectivity index (χ4n) is 3.79. The van der Waals surface area contributed by atoms with E-state index in [-0.39, 0.29) is 16.8 Å². The van der Waals surface area contributed by atoms with Crippen molar-refractivity contribution in [3.05, 3.63) is 80.3 Å². The van der Waals surface area contributed by atoms with Crippen LogP contribution in [0, 0.1) is 0 Å². The summed E-state index contributed by atoms with van der Waals surface area (Å²) in [6.45, 7) is 3.94. The van der Waals surface area contributed by atoms with Gasteiger partial charge in [-0.2, -0.15) is 0 Å². The number of ether oxygens (including phenoxy) is 2. The lowest BCUT2D eigenvalue weighted by Crippen LogP contribution is -2.39. The molecule has 0 spiro atoms. The van der Waals surface area contributed by atoms with E-state index in [1.54, 1.807) is 0 Å². The van der Waals surface area contributed by atoms with E-state index in [9.17, 15) is 15.0 Å². The summed E-state index contributed by atoms with van der Waals surface area (Å²) in [5.41, 5.74) is 2.38. The summed E-state index contributed by atoms with van der Waals surface area (Å²) in [5.74, 6) is 0.680. The van der Waals surface area contributed by atoms with E-state index in [0.717, 1.165) is 41.9 Å². The number of aromatic hydroxyl groups is 1. The van der Waals surface area contributed by atoms with Crippen LogP contribution in [-0.4, -0.2) is 53.7 Å². The monoisotopic (exact) mass is 514 g/mol. The van der Waals surface area contributed by atoms with Crippen LogP contribution in [0.2, 0.25) is 0 Å². The first-order chi connectivity index (χ1) is 17.5. The normalized spacial score (nSPS) is 12.9. The first kappa shape index (κ1) is 27.9. The number of benzene rings is 2. The molecule has 8 heteroatoms.